The number of anilines is 3. The lowest BCUT2D eigenvalue weighted by Gasteiger charge is -2.16. The van der Waals surface area contributed by atoms with Gasteiger partial charge in [0.05, 0.1) is 11.4 Å². The van der Waals surface area contributed by atoms with Crippen molar-refractivity contribution in [3.05, 3.63) is 82.8 Å². The van der Waals surface area contributed by atoms with Gasteiger partial charge in [-0.05, 0) is 54.6 Å². The monoisotopic (exact) mass is 563 g/mol. The van der Waals surface area contributed by atoms with Crippen LogP contribution in [0.2, 0.25) is 0 Å². The molecule has 1 fully saturated rings. The molecule has 11 heteroatoms. The first kappa shape index (κ1) is 23.8. The molecule has 1 saturated heterocycles. The van der Waals surface area contributed by atoms with Gasteiger partial charge >= 0.3 is 0 Å². The molecule has 0 aromatic heterocycles. The highest BCUT2D eigenvalue weighted by Crippen LogP contribution is 2.35. The molecule has 0 unspecified atom stereocenters. The van der Waals surface area contributed by atoms with Crippen molar-refractivity contribution in [3.63, 3.8) is 0 Å². The van der Waals surface area contributed by atoms with Crippen LogP contribution in [-0.2, 0) is 14.4 Å². The topological polar surface area (TPSA) is 123 Å². The van der Waals surface area contributed by atoms with Crippen molar-refractivity contribution in [3.8, 4) is 5.75 Å². The van der Waals surface area contributed by atoms with E-state index < -0.39 is 11.2 Å². The molecule has 0 spiro atoms. The van der Waals surface area contributed by atoms with E-state index in [4.69, 9.17) is 0 Å². The van der Waals surface area contributed by atoms with Gasteiger partial charge in [-0.1, -0.05) is 45.9 Å². The summed E-state index contributed by atoms with van der Waals surface area (Å²) in [5, 5.41) is 23.1. The zero-order valence-electron chi connectivity index (χ0n) is 18.5. The predicted molar refractivity (Wildman–Crippen MR) is 143 cm³/mol. The predicted octanol–water partition coefficient (Wildman–Crippen LogP) is 4.34. The van der Waals surface area contributed by atoms with Gasteiger partial charge in [0.1, 0.15) is 11.0 Å². The number of para-hydroxylation sites is 1. The molecule has 1 atom stereocenters. The van der Waals surface area contributed by atoms with Crippen LogP contribution in [0, 0.1) is 0 Å². The van der Waals surface area contributed by atoms with Crippen molar-refractivity contribution in [2.75, 3.05) is 15.5 Å². The third-order valence-electron chi connectivity index (χ3n) is 5.42. The van der Waals surface area contributed by atoms with Crippen molar-refractivity contribution in [2.45, 2.75) is 11.7 Å². The molecule has 2 aliphatic rings. The number of thioether (sulfide) groups is 1. The number of nitrogens with zero attached hydrogens (tertiary/aromatic N) is 3. The molecule has 180 valence electrons. The van der Waals surface area contributed by atoms with E-state index in [0.717, 1.165) is 16.2 Å². The molecule has 0 bridgehead atoms. The van der Waals surface area contributed by atoms with Crippen LogP contribution >= 0.6 is 27.7 Å². The Hall–Kier alpha value is -3.96. The lowest BCUT2D eigenvalue weighted by molar-refractivity contribution is -0.121. The molecule has 2 heterocycles. The molecule has 3 aromatic carbocycles. The number of rotatable bonds is 5. The highest BCUT2D eigenvalue weighted by molar-refractivity contribution is 9.10. The van der Waals surface area contributed by atoms with Gasteiger partial charge in [0.15, 0.2) is 10.9 Å². The molecule has 0 aliphatic carbocycles. The number of benzene rings is 3. The summed E-state index contributed by atoms with van der Waals surface area (Å²) >= 11 is 4.44. The Morgan fingerprint density at radius 2 is 1.75 bits per heavy atom. The maximum atomic E-state index is 13.3. The van der Waals surface area contributed by atoms with Crippen molar-refractivity contribution >= 4 is 73.4 Å². The summed E-state index contributed by atoms with van der Waals surface area (Å²) in [6, 6.07) is 20.3. The summed E-state index contributed by atoms with van der Waals surface area (Å²) in [5.74, 6) is -1.03. The van der Waals surface area contributed by atoms with E-state index in [1.54, 1.807) is 60.7 Å². The number of amidine groups is 1. The van der Waals surface area contributed by atoms with Gasteiger partial charge in [-0.2, -0.15) is 0 Å². The Morgan fingerprint density at radius 1 is 1.03 bits per heavy atom. The number of phenols is 1. The zero-order chi connectivity index (χ0) is 25.2. The van der Waals surface area contributed by atoms with E-state index in [9.17, 15) is 19.5 Å². The fraction of sp³-hybridized carbons (Fsp3) is 0.0800. The number of hydrogen-bond donors (Lipinski definition) is 3. The first-order chi connectivity index (χ1) is 17.4. The van der Waals surface area contributed by atoms with Crippen LogP contribution in [0.15, 0.2) is 87.5 Å². The van der Waals surface area contributed by atoms with Gasteiger partial charge in [-0.15, -0.1) is 10.2 Å². The van der Waals surface area contributed by atoms with Gasteiger partial charge in [0.25, 0.3) is 5.91 Å². The van der Waals surface area contributed by atoms with Crippen molar-refractivity contribution in [1.82, 2.24) is 0 Å². The van der Waals surface area contributed by atoms with E-state index in [0.29, 0.717) is 22.6 Å². The van der Waals surface area contributed by atoms with Gasteiger partial charge < -0.3 is 15.7 Å². The number of nitrogens with one attached hydrogen (secondary N) is 2. The molecular weight excluding hydrogens is 546 g/mol. The average molecular weight is 564 g/mol. The van der Waals surface area contributed by atoms with E-state index in [-0.39, 0.29) is 34.9 Å². The lowest BCUT2D eigenvalue weighted by atomic mass is 10.1. The highest BCUT2D eigenvalue weighted by Gasteiger charge is 2.40. The first-order valence-corrected chi connectivity index (χ1v) is 12.5. The molecule has 5 rings (SSSR count). The number of fused-ring (bicyclic) bond motifs is 1. The maximum absolute atomic E-state index is 13.3. The molecule has 2 aliphatic heterocycles. The lowest BCUT2D eigenvalue weighted by Crippen LogP contribution is -2.33. The van der Waals surface area contributed by atoms with Crippen LogP contribution in [0.4, 0.5) is 17.1 Å². The Balaban J connectivity index is 1.42. The maximum Gasteiger partial charge on any atom is 0.276 e. The van der Waals surface area contributed by atoms with Crippen LogP contribution in [0.25, 0.3) is 0 Å². The molecule has 3 amide bonds. The third kappa shape index (κ3) is 4.88. The Bertz CT molecular complexity index is 1420. The second-order valence-corrected chi connectivity index (χ2v) is 9.97. The van der Waals surface area contributed by atoms with Crippen molar-refractivity contribution < 1.29 is 19.5 Å². The molecule has 3 N–H and O–H groups in total. The second-order valence-electron chi connectivity index (χ2n) is 7.89. The van der Waals surface area contributed by atoms with Crippen LogP contribution in [-0.4, -0.2) is 39.0 Å². The Labute approximate surface area is 218 Å². The Kier molecular flexibility index (Phi) is 6.57. The van der Waals surface area contributed by atoms with Crippen LogP contribution in [0.3, 0.4) is 0 Å². The van der Waals surface area contributed by atoms with Gasteiger partial charge in [0, 0.05) is 22.1 Å². The number of halogens is 1. The van der Waals surface area contributed by atoms with E-state index in [1.807, 2.05) is 0 Å². The molecule has 36 heavy (non-hydrogen) atoms. The molecule has 3 aromatic rings. The molecule has 0 radical (unpaired) electrons. The molecular formula is C25H18BrN5O4S. The third-order valence-corrected chi connectivity index (χ3v) is 7.08. The van der Waals surface area contributed by atoms with Crippen molar-refractivity contribution in [1.29, 1.82) is 0 Å². The first-order valence-electron chi connectivity index (χ1n) is 10.8. The standard InChI is InChI=1S/C25H18BrN5O4S/c26-14-5-7-15(8-6-14)27-21(33)13-20-24(35)31(16-9-11-17(32)12-10-16)25(36-20)30-29-22-18-3-1-2-4-19(18)28-23(22)34/h1-12,20,32H,13H2,(H,27,33)(H,28,29,34)/b30-25-/t20-/m0/s1. The number of carbonyl (C=O) groups excluding carboxylic acids is 3. The fourth-order valence-electron chi connectivity index (χ4n) is 3.71. The number of amides is 3. The average Bonchev–Trinajstić information content (AvgIpc) is 3.35. The zero-order valence-corrected chi connectivity index (χ0v) is 20.9. The normalized spacial score (nSPS) is 19.0. The molecule has 9 nitrogen and oxygen atoms in total. The van der Waals surface area contributed by atoms with Crippen LogP contribution in [0.1, 0.15) is 12.0 Å². The quantitative estimate of drug-likeness (QED) is 0.398. The minimum atomic E-state index is -0.752. The number of aromatic hydroxyl groups is 1. The summed E-state index contributed by atoms with van der Waals surface area (Å²) < 4.78 is 0.882. The van der Waals surface area contributed by atoms with Gasteiger partial charge in [-0.25, -0.2) is 0 Å². The summed E-state index contributed by atoms with van der Waals surface area (Å²) in [5.41, 5.74) is 2.45. The SMILES string of the molecule is O=C(C[C@@H]1S/C(=N\N=C2\C(=O)Nc3ccccc32)N(c2ccc(O)cc2)C1=O)Nc1ccc(Br)cc1. The summed E-state index contributed by atoms with van der Waals surface area (Å²) in [6.45, 7) is 0. The smallest absolute Gasteiger partial charge is 0.276 e. The number of carbonyl (C=O) groups is 3. The highest BCUT2D eigenvalue weighted by atomic mass is 79.9. The van der Waals surface area contributed by atoms with E-state index >= 15 is 0 Å². The summed E-state index contributed by atoms with van der Waals surface area (Å²) in [7, 11) is 0. The summed E-state index contributed by atoms with van der Waals surface area (Å²) in [4.78, 5) is 39.8. The minimum absolute atomic E-state index is 0.0430. The van der Waals surface area contributed by atoms with E-state index in [2.05, 4.69) is 36.8 Å². The summed E-state index contributed by atoms with van der Waals surface area (Å²) in [6.07, 6.45) is -0.0902. The van der Waals surface area contributed by atoms with Crippen LogP contribution in [0.5, 0.6) is 5.75 Å². The van der Waals surface area contributed by atoms with Gasteiger partial charge in [0.2, 0.25) is 11.8 Å². The largest absolute Gasteiger partial charge is 0.508 e. The van der Waals surface area contributed by atoms with E-state index in [1.165, 1.54) is 17.0 Å². The number of hydrogen-bond acceptors (Lipinski definition) is 7. The minimum Gasteiger partial charge on any atom is -0.508 e. The second kappa shape index (κ2) is 9.96. The number of phenolic OH excluding ortho intramolecular Hbond substituents is 1. The fourth-order valence-corrected chi connectivity index (χ4v) is 5.06. The molecule has 0 saturated carbocycles. The van der Waals surface area contributed by atoms with Crippen molar-refractivity contribution in [2.24, 2.45) is 10.2 Å². The Morgan fingerprint density at radius 3 is 2.50 bits per heavy atom. The van der Waals surface area contributed by atoms with Crippen LogP contribution < -0.4 is 15.5 Å². The van der Waals surface area contributed by atoms with Gasteiger partial charge in [-0.3, -0.25) is 19.3 Å².